The van der Waals surface area contributed by atoms with Crippen molar-refractivity contribution in [3.63, 3.8) is 0 Å². The van der Waals surface area contributed by atoms with Crippen LogP contribution in [0.25, 0.3) is 10.8 Å². The van der Waals surface area contributed by atoms with Crippen LogP contribution in [0.5, 0.6) is 5.75 Å². The van der Waals surface area contributed by atoms with Gasteiger partial charge in [0.25, 0.3) is 10.0 Å². The third kappa shape index (κ3) is 2.98. The number of anilines is 1. The van der Waals surface area contributed by atoms with E-state index in [4.69, 9.17) is 11.6 Å². The normalized spacial score (nSPS) is 11.6. The molecule has 23 heavy (non-hydrogen) atoms. The Bertz CT molecular complexity index is 986. The summed E-state index contributed by atoms with van der Waals surface area (Å²) in [5.41, 5.74) is 1.14. The molecule has 0 saturated carbocycles. The van der Waals surface area contributed by atoms with Crippen LogP contribution in [0.15, 0.2) is 59.5 Å². The van der Waals surface area contributed by atoms with Crippen molar-refractivity contribution in [1.82, 2.24) is 0 Å². The molecule has 0 atom stereocenters. The highest BCUT2D eigenvalue weighted by Gasteiger charge is 2.16. The van der Waals surface area contributed by atoms with Gasteiger partial charge >= 0.3 is 0 Å². The number of sulfonamides is 1. The number of para-hydroxylation sites is 1. The Morgan fingerprint density at radius 3 is 2.39 bits per heavy atom. The number of phenols is 1. The zero-order valence-electron chi connectivity index (χ0n) is 12.2. The SMILES string of the molecule is Cc1c(O)cc(Cl)c2cc(S(=O)(=O)Nc3ccccc3)ccc12. The first-order valence-electron chi connectivity index (χ1n) is 6.88. The highest BCUT2D eigenvalue weighted by atomic mass is 35.5. The number of fused-ring (bicyclic) bond motifs is 1. The first-order chi connectivity index (χ1) is 10.9. The fourth-order valence-electron chi connectivity index (χ4n) is 2.38. The predicted octanol–water partition coefficient (Wildman–Crippen LogP) is 4.31. The molecule has 3 aromatic carbocycles. The molecule has 0 aliphatic rings. The van der Waals surface area contributed by atoms with Crippen molar-refractivity contribution in [1.29, 1.82) is 0 Å². The fourth-order valence-corrected chi connectivity index (χ4v) is 3.72. The lowest BCUT2D eigenvalue weighted by molar-refractivity contribution is 0.472. The maximum atomic E-state index is 12.5. The van der Waals surface area contributed by atoms with Gasteiger partial charge in [0, 0.05) is 11.1 Å². The Morgan fingerprint density at radius 2 is 1.70 bits per heavy atom. The van der Waals surface area contributed by atoms with Gasteiger partial charge < -0.3 is 5.11 Å². The van der Waals surface area contributed by atoms with E-state index in [1.54, 1.807) is 37.3 Å². The molecule has 0 aliphatic heterocycles. The molecule has 4 nitrogen and oxygen atoms in total. The van der Waals surface area contributed by atoms with E-state index < -0.39 is 10.0 Å². The van der Waals surface area contributed by atoms with Gasteiger partial charge in [-0.25, -0.2) is 8.42 Å². The van der Waals surface area contributed by atoms with Crippen molar-refractivity contribution in [3.05, 3.63) is 65.2 Å². The molecule has 0 aliphatic carbocycles. The van der Waals surface area contributed by atoms with Gasteiger partial charge in [-0.05, 0) is 48.2 Å². The van der Waals surface area contributed by atoms with Gasteiger partial charge in [0.1, 0.15) is 5.75 Å². The minimum Gasteiger partial charge on any atom is -0.508 e. The van der Waals surface area contributed by atoms with E-state index in [0.29, 0.717) is 27.0 Å². The number of aromatic hydroxyl groups is 1. The molecular formula is C17H14ClNO3S. The summed E-state index contributed by atoms with van der Waals surface area (Å²) >= 11 is 6.14. The molecule has 0 fully saturated rings. The van der Waals surface area contributed by atoms with Crippen LogP contribution in [0.4, 0.5) is 5.69 Å². The van der Waals surface area contributed by atoms with E-state index in [2.05, 4.69) is 4.72 Å². The third-order valence-corrected chi connectivity index (χ3v) is 5.33. The lowest BCUT2D eigenvalue weighted by Gasteiger charge is -2.11. The van der Waals surface area contributed by atoms with E-state index in [9.17, 15) is 13.5 Å². The van der Waals surface area contributed by atoms with Gasteiger partial charge in [0.2, 0.25) is 0 Å². The molecule has 118 valence electrons. The first kappa shape index (κ1) is 15.6. The number of phenolic OH excluding ortho intramolecular Hbond substituents is 1. The largest absolute Gasteiger partial charge is 0.508 e. The van der Waals surface area contributed by atoms with Gasteiger partial charge in [-0.3, -0.25) is 4.72 Å². The molecule has 6 heteroatoms. The van der Waals surface area contributed by atoms with Crippen LogP contribution in [0.3, 0.4) is 0 Å². The summed E-state index contributed by atoms with van der Waals surface area (Å²) in [5.74, 6) is 0.0838. The molecule has 0 bridgehead atoms. The Balaban J connectivity index is 2.10. The third-order valence-electron chi connectivity index (χ3n) is 3.64. The van der Waals surface area contributed by atoms with E-state index in [1.807, 2.05) is 6.07 Å². The summed E-state index contributed by atoms with van der Waals surface area (Å²) in [6.45, 7) is 1.75. The molecule has 0 radical (unpaired) electrons. The van der Waals surface area contributed by atoms with E-state index in [-0.39, 0.29) is 10.6 Å². The summed E-state index contributed by atoms with van der Waals surface area (Å²) in [6, 6.07) is 14.7. The standard InChI is InChI=1S/C17H14ClNO3S/c1-11-14-8-7-13(9-15(14)16(18)10-17(11)20)23(21,22)19-12-5-3-2-4-6-12/h2-10,19-20H,1H3. The van der Waals surface area contributed by atoms with Crippen LogP contribution in [-0.4, -0.2) is 13.5 Å². The van der Waals surface area contributed by atoms with Crippen molar-refractivity contribution < 1.29 is 13.5 Å². The van der Waals surface area contributed by atoms with Crippen molar-refractivity contribution in [3.8, 4) is 5.75 Å². The van der Waals surface area contributed by atoms with Gasteiger partial charge in [-0.2, -0.15) is 0 Å². The first-order valence-corrected chi connectivity index (χ1v) is 8.74. The van der Waals surface area contributed by atoms with Crippen molar-refractivity contribution in [2.24, 2.45) is 0 Å². The van der Waals surface area contributed by atoms with E-state index in [1.165, 1.54) is 18.2 Å². The van der Waals surface area contributed by atoms with Crippen molar-refractivity contribution in [2.75, 3.05) is 4.72 Å². The molecular weight excluding hydrogens is 334 g/mol. The molecule has 0 heterocycles. The smallest absolute Gasteiger partial charge is 0.261 e. The van der Waals surface area contributed by atoms with Crippen LogP contribution in [0.2, 0.25) is 5.02 Å². The number of hydrogen-bond acceptors (Lipinski definition) is 3. The summed E-state index contributed by atoms with van der Waals surface area (Å²) in [7, 11) is -3.72. The Hall–Kier alpha value is -2.24. The van der Waals surface area contributed by atoms with Gasteiger partial charge in [-0.1, -0.05) is 35.9 Å². The van der Waals surface area contributed by atoms with Crippen LogP contribution in [0.1, 0.15) is 5.56 Å². The topological polar surface area (TPSA) is 66.4 Å². The molecule has 0 saturated heterocycles. The lowest BCUT2D eigenvalue weighted by Crippen LogP contribution is -2.12. The molecule has 0 unspecified atom stereocenters. The highest BCUT2D eigenvalue weighted by molar-refractivity contribution is 7.92. The van der Waals surface area contributed by atoms with E-state index >= 15 is 0 Å². The zero-order chi connectivity index (χ0) is 16.6. The summed E-state index contributed by atoms with van der Waals surface area (Å²) < 4.78 is 27.5. The second-order valence-electron chi connectivity index (χ2n) is 5.18. The molecule has 0 aromatic heterocycles. The van der Waals surface area contributed by atoms with Gasteiger partial charge in [0.15, 0.2) is 0 Å². The minimum atomic E-state index is -3.72. The number of hydrogen-bond donors (Lipinski definition) is 2. The Labute approximate surface area is 139 Å². The number of halogens is 1. The molecule has 0 amide bonds. The second kappa shape index (κ2) is 5.76. The predicted molar refractivity (Wildman–Crippen MR) is 92.6 cm³/mol. The van der Waals surface area contributed by atoms with Crippen molar-refractivity contribution >= 4 is 38.1 Å². The summed E-state index contributed by atoms with van der Waals surface area (Å²) in [4.78, 5) is 0.112. The molecule has 2 N–H and O–H groups in total. The quantitative estimate of drug-likeness (QED) is 0.742. The van der Waals surface area contributed by atoms with Crippen LogP contribution >= 0.6 is 11.6 Å². The van der Waals surface area contributed by atoms with E-state index in [0.717, 1.165) is 0 Å². The van der Waals surface area contributed by atoms with Crippen LogP contribution in [-0.2, 0) is 10.0 Å². The Kier molecular flexibility index (Phi) is 3.92. The summed E-state index contributed by atoms with van der Waals surface area (Å²) in [6.07, 6.45) is 0. The average Bonchev–Trinajstić information content (AvgIpc) is 2.53. The second-order valence-corrected chi connectivity index (χ2v) is 7.27. The van der Waals surface area contributed by atoms with Crippen molar-refractivity contribution in [2.45, 2.75) is 11.8 Å². The number of nitrogens with one attached hydrogen (secondary N) is 1. The number of aryl methyl sites for hydroxylation is 1. The Morgan fingerprint density at radius 1 is 1.00 bits per heavy atom. The molecule has 3 rings (SSSR count). The van der Waals surface area contributed by atoms with Crippen LogP contribution in [0, 0.1) is 6.92 Å². The monoisotopic (exact) mass is 347 g/mol. The molecule has 0 spiro atoms. The minimum absolute atomic E-state index is 0.0838. The van der Waals surface area contributed by atoms with Crippen LogP contribution < -0.4 is 4.72 Å². The fraction of sp³-hybridized carbons (Fsp3) is 0.0588. The number of benzene rings is 3. The van der Waals surface area contributed by atoms with Gasteiger partial charge in [0.05, 0.1) is 9.92 Å². The number of rotatable bonds is 3. The molecule has 3 aromatic rings. The average molecular weight is 348 g/mol. The maximum absolute atomic E-state index is 12.5. The lowest BCUT2D eigenvalue weighted by atomic mass is 10.0. The zero-order valence-corrected chi connectivity index (χ0v) is 13.8. The summed E-state index contributed by atoms with van der Waals surface area (Å²) in [5, 5.41) is 11.4. The van der Waals surface area contributed by atoms with Gasteiger partial charge in [-0.15, -0.1) is 0 Å². The maximum Gasteiger partial charge on any atom is 0.261 e. The highest BCUT2D eigenvalue weighted by Crippen LogP contribution is 2.34.